The second kappa shape index (κ2) is 8.31. The third kappa shape index (κ3) is 3.79. The molecule has 0 atom stereocenters. The second-order valence-corrected chi connectivity index (χ2v) is 7.27. The van der Waals surface area contributed by atoms with E-state index < -0.39 is 0 Å². The maximum absolute atomic E-state index is 13.1. The SMILES string of the molecule is CCCCCn1cc(C(=O)Nc2cccc3ccccc23)c(=O)c2ccccc21. The highest BCUT2D eigenvalue weighted by Gasteiger charge is 2.16. The Morgan fingerprint density at radius 1 is 0.897 bits per heavy atom. The van der Waals surface area contributed by atoms with E-state index in [1.807, 2.05) is 65.2 Å². The number of pyridine rings is 1. The van der Waals surface area contributed by atoms with Crippen LogP contribution in [0.25, 0.3) is 21.7 Å². The van der Waals surface area contributed by atoms with E-state index in [4.69, 9.17) is 0 Å². The minimum absolute atomic E-state index is 0.174. The molecule has 0 aliphatic heterocycles. The van der Waals surface area contributed by atoms with Gasteiger partial charge >= 0.3 is 0 Å². The monoisotopic (exact) mass is 384 g/mol. The Morgan fingerprint density at radius 3 is 2.45 bits per heavy atom. The number of amides is 1. The van der Waals surface area contributed by atoms with Crippen LogP contribution in [0.1, 0.15) is 36.5 Å². The van der Waals surface area contributed by atoms with Gasteiger partial charge in [0.05, 0.1) is 5.52 Å². The van der Waals surface area contributed by atoms with E-state index in [-0.39, 0.29) is 16.9 Å². The van der Waals surface area contributed by atoms with E-state index >= 15 is 0 Å². The number of rotatable bonds is 6. The molecule has 1 N–H and O–H groups in total. The van der Waals surface area contributed by atoms with Crippen molar-refractivity contribution in [3.05, 3.63) is 88.7 Å². The largest absolute Gasteiger partial charge is 0.346 e. The number of aryl methyl sites for hydroxylation is 1. The van der Waals surface area contributed by atoms with E-state index in [1.165, 1.54) is 0 Å². The Bertz CT molecular complexity index is 1240. The van der Waals surface area contributed by atoms with Crippen molar-refractivity contribution in [2.45, 2.75) is 32.7 Å². The average Bonchev–Trinajstić information content (AvgIpc) is 2.76. The van der Waals surface area contributed by atoms with Crippen molar-refractivity contribution in [2.24, 2.45) is 0 Å². The van der Waals surface area contributed by atoms with Crippen molar-refractivity contribution < 1.29 is 4.79 Å². The number of carbonyl (C=O) groups is 1. The van der Waals surface area contributed by atoms with Crippen LogP contribution < -0.4 is 10.7 Å². The minimum Gasteiger partial charge on any atom is -0.346 e. The summed E-state index contributed by atoms with van der Waals surface area (Å²) in [5, 5.41) is 5.52. The van der Waals surface area contributed by atoms with Crippen molar-refractivity contribution in [3.63, 3.8) is 0 Å². The van der Waals surface area contributed by atoms with Crippen LogP contribution >= 0.6 is 0 Å². The maximum Gasteiger partial charge on any atom is 0.261 e. The Morgan fingerprint density at radius 2 is 1.62 bits per heavy atom. The zero-order chi connectivity index (χ0) is 20.2. The Kier molecular flexibility index (Phi) is 5.43. The van der Waals surface area contributed by atoms with Crippen molar-refractivity contribution in [3.8, 4) is 0 Å². The second-order valence-electron chi connectivity index (χ2n) is 7.27. The quantitative estimate of drug-likeness (QED) is 0.440. The van der Waals surface area contributed by atoms with Gasteiger partial charge in [-0.1, -0.05) is 68.3 Å². The minimum atomic E-state index is -0.374. The molecule has 0 radical (unpaired) electrons. The van der Waals surface area contributed by atoms with Crippen LogP contribution in [0, 0.1) is 0 Å². The lowest BCUT2D eigenvalue weighted by molar-refractivity contribution is 0.102. The van der Waals surface area contributed by atoms with Crippen molar-refractivity contribution in [1.82, 2.24) is 4.57 Å². The number of aromatic nitrogens is 1. The molecule has 4 nitrogen and oxygen atoms in total. The summed E-state index contributed by atoms with van der Waals surface area (Å²) in [5.41, 5.74) is 1.52. The number of para-hydroxylation sites is 1. The third-order valence-corrected chi connectivity index (χ3v) is 5.27. The Labute approximate surface area is 169 Å². The maximum atomic E-state index is 13.1. The normalized spacial score (nSPS) is 11.1. The summed E-state index contributed by atoms with van der Waals surface area (Å²) < 4.78 is 2.03. The smallest absolute Gasteiger partial charge is 0.261 e. The molecule has 1 heterocycles. The number of fused-ring (bicyclic) bond motifs is 2. The van der Waals surface area contributed by atoms with Crippen LogP contribution in [-0.4, -0.2) is 10.5 Å². The van der Waals surface area contributed by atoms with Gasteiger partial charge in [0.25, 0.3) is 5.91 Å². The number of carbonyl (C=O) groups excluding carboxylic acids is 1. The molecular weight excluding hydrogens is 360 g/mol. The van der Waals surface area contributed by atoms with Crippen LogP contribution in [0.15, 0.2) is 77.7 Å². The number of unbranched alkanes of at least 4 members (excludes halogenated alkanes) is 2. The van der Waals surface area contributed by atoms with Gasteiger partial charge in [-0.15, -0.1) is 0 Å². The van der Waals surface area contributed by atoms with Crippen molar-refractivity contribution >= 4 is 33.3 Å². The summed E-state index contributed by atoms with van der Waals surface area (Å²) in [5.74, 6) is -0.374. The molecule has 0 saturated carbocycles. The van der Waals surface area contributed by atoms with Gasteiger partial charge in [-0.05, 0) is 30.0 Å². The summed E-state index contributed by atoms with van der Waals surface area (Å²) in [7, 11) is 0. The molecular formula is C25H24N2O2. The van der Waals surface area contributed by atoms with Crippen LogP contribution in [0.3, 0.4) is 0 Å². The van der Waals surface area contributed by atoms with Gasteiger partial charge in [0.15, 0.2) is 0 Å². The van der Waals surface area contributed by atoms with Gasteiger partial charge in [-0.3, -0.25) is 9.59 Å². The molecule has 1 amide bonds. The third-order valence-electron chi connectivity index (χ3n) is 5.27. The first-order valence-electron chi connectivity index (χ1n) is 10.1. The van der Waals surface area contributed by atoms with E-state index in [1.54, 1.807) is 12.3 Å². The molecule has 0 bridgehead atoms. The predicted octanol–water partition coefficient (Wildman–Crippen LogP) is 5.60. The first-order valence-corrected chi connectivity index (χ1v) is 10.1. The van der Waals surface area contributed by atoms with E-state index in [0.29, 0.717) is 11.1 Å². The molecule has 0 unspecified atom stereocenters. The molecule has 146 valence electrons. The van der Waals surface area contributed by atoms with Gasteiger partial charge in [-0.2, -0.15) is 0 Å². The molecule has 0 saturated heterocycles. The molecule has 29 heavy (non-hydrogen) atoms. The van der Waals surface area contributed by atoms with E-state index in [0.717, 1.165) is 42.1 Å². The van der Waals surface area contributed by atoms with Crippen LogP contribution in [0.2, 0.25) is 0 Å². The molecule has 4 aromatic rings. The highest BCUT2D eigenvalue weighted by atomic mass is 16.2. The topological polar surface area (TPSA) is 51.1 Å². The van der Waals surface area contributed by atoms with Crippen molar-refractivity contribution in [1.29, 1.82) is 0 Å². The summed E-state index contributed by atoms with van der Waals surface area (Å²) in [4.78, 5) is 26.1. The summed E-state index contributed by atoms with van der Waals surface area (Å²) in [6, 6.07) is 21.1. The molecule has 3 aromatic carbocycles. The van der Waals surface area contributed by atoms with E-state index in [9.17, 15) is 9.59 Å². The highest BCUT2D eigenvalue weighted by molar-refractivity contribution is 6.10. The fraction of sp³-hybridized carbons (Fsp3) is 0.200. The molecule has 0 fully saturated rings. The fourth-order valence-electron chi connectivity index (χ4n) is 3.75. The van der Waals surface area contributed by atoms with Crippen LogP contribution in [0.4, 0.5) is 5.69 Å². The predicted molar refractivity (Wildman–Crippen MR) is 120 cm³/mol. The Balaban J connectivity index is 1.75. The van der Waals surface area contributed by atoms with Gasteiger partial charge < -0.3 is 9.88 Å². The molecule has 4 rings (SSSR count). The summed E-state index contributed by atoms with van der Waals surface area (Å²) in [6.45, 7) is 2.94. The average molecular weight is 384 g/mol. The van der Waals surface area contributed by atoms with Gasteiger partial charge in [0.2, 0.25) is 5.43 Å². The lowest BCUT2D eigenvalue weighted by atomic mass is 10.1. The standard InChI is InChI=1S/C25H24N2O2/c1-2-3-8-16-27-17-21(24(28)20-13-6-7-15-23(20)27)25(29)26-22-14-9-11-18-10-4-5-12-19(18)22/h4-7,9-15,17H,2-3,8,16H2,1H3,(H,26,29). The van der Waals surface area contributed by atoms with E-state index in [2.05, 4.69) is 12.2 Å². The number of benzene rings is 3. The van der Waals surface area contributed by atoms with Gasteiger partial charge in [0, 0.05) is 29.2 Å². The van der Waals surface area contributed by atoms with Crippen LogP contribution in [-0.2, 0) is 6.54 Å². The molecule has 0 aliphatic carbocycles. The molecule has 1 aromatic heterocycles. The molecule has 4 heteroatoms. The highest BCUT2D eigenvalue weighted by Crippen LogP contribution is 2.23. The lowest BCUT2D eigenvalue weighted by Gasteiger charge is -2.14. The number of nitrogens with zero attached hydrogens (tertiary/aromatic N) is 1. The summed E-state index contributed by atoms with van der Waals surface area (Å²) >= 11 is 0. The number of hydrogen-bond acceptors (Lipinski definition) is 2. The number of anilines is 1. The number of nitrogens with one attached hydrogen (secondary N) is 1. The molecule has 0 aliphatic rings. The van der Waals surface area contributed by atoms with Gasteiger partial charge in [-0.25, -0.2) is 0 Å². The number of hydrogen-bond donors (Lipinski definition) is 1. The lowest BCUT2D eigenvalue weighted by Crippen LogP contribution is -2.24. The van der Waals surface area contributed by atoms with Gasteiger partial charge in [0.1, 0.15) is 5.56 Å². The van der Waals surface area contributed by atoms with Crippen LogP contribution in [0.5, 0.6) is 0 Å². The first kappa shape index (κ1) is 18.9. The molecule has 0 spiro atoms. The Hall–Kier alpha value is -3.40. The first-order chi connectivity index (χ1) is 14.2. The zero-order valence-corrected chi connectivity index (χ0v) is 16.5. The summed E-state index contributed by atoms with van der Waals surface area (Å²) in [6.07, 6.45) is 4.94. The fourth-order valence-corrected chi connectivity index (χ4v) is 3.75. The zero-order valence-electron chi connectivity index (χ0n) is 16.5. The van der Waals surface area contributed by atoms with Crippen molar-refractivity contribution in [2.75, 3.05) is 5.32 Å².